The fourth-order valence-electron chi connectivity index (χ4n) is 2.31. The highest BCUT2D eigenvalue weighted by atomic mass is 16.5. The first kappa shape index (κ1) is 15.0. The average molecular weight is 310 g/mol. The Morgan fingerprint density at radius 2 is 2.26 bits per heavy atom. The third-order valence-electron chi connectivity index (χ3n) is 3.36. The first-order chi connectivity index (χ1) is 11.2. The van der Waals surface area contributed by atoms with Gasteiger partial charge in [-0.3, -0.25) is 5.32 Å². The van der Waals surface area contributed by atoms with Crippen LogP contribution in [0.15, 0.2) is 36.7 Å². The minimum Gasteiger partial charge on any atom is -0.449 e. The number of carbonyl (C=O) groups is 1. The predicted molar refractivity (Wildman–Crippen MR) is 89.3 cm³/mol. The fraction of sp³-hybridized carbons (Fsp3) is 0.235. The molecular formula is C17H18N4O2. The quantitative estimate of drug-likeness (QED) is 0.766. The zero-order chi connectivity index (χ0) is 16.2. The lowest BCUT2D eigenvalue weighted by Crippen LogP contribution is -2.15. The number of anilines is 1. The van der Waals surface area contributed by atoms with Gasteiger partial charge in [0.25, 0.3) is 0 Å². The molecule has 2 N–H and O–H groups in total. The molecule has 0 spiro atoms. The van der Waals surface area contributed by atoms with Gasteiger partial charge < -0.3 is 9.72 Å². The van der Waals surface area contributed by atoms with Crippen molar-refractivity contribution in [3.63, 3.8) is 0 Å². The number of rotatable bonds is 4. The number of hydrogen-bond donors (Lipinski definition) is 2. The van der Waals surface area contributed by atoms with Crippen molar-refractivity contribution >= 4 is 22.9 Å². The number of hydrogen-bond acceptors (Lipinski definition) is 4. The molecule has 6 nitrogen and oxygen atoms in total. The fourth-order valence-corrected chi connectivity index (χ4v) is 2.31. The zero-order valence-electron chi connectivity index (χ0n) is 13.1. The molecule has 3 aromatic heterocycles. The summed E-state index contributed by atoms with van der Waals surface area (Å²) < 4.78 is 5.01. The highest BCUT2D eigenvalue weighted by Crippen LogP contribution is 2.27. The topological polar surface area (TPSA) is 79.9 Å². The van der Waals surface area contributed by atoms with Crippen LogP contribution < -0.4 is 5.32 Å². The molecule has 118 valence electrons. The van der Waals surface area contributed by atoms with E-state index < -0.39 is 6.09 Å². The van der Waals surface area contributed by atoms with E-state index in [0.29, 0.717) is 12.4 Å². The molecule has 0 unspecified atom stereocenters. The molecule has 1 amide bonds. The Labute approximate surface area is 133 Å². The van der Waals surface area contributed by atoms with Crippen LogP contribution in [-0.4, -0.2) is 27.7 Å². The van der Waals surface area contributed by atoms with Crippen LogP contribution in [0.2, 0.25) is 0 Å². The first-order valence-corrected chi connectivity index (χ1v) is 7.52. The van der Waals surface area contributed by atoms with E-state index in [1.54, 1.807) is 6.07 Å². The van der Waals surface area contributed by atoms with Crippen LogP contribution in [0.4, 0.5) is 10.6 Å². The Bertz CT molecular complexity index is 841. The third-order valence-corrected chi connectivity index (χ3v) is 3.36. The molecule has 3 heterocycles. The van der Waals surface area contributed by atoms with E-state index in [9.17, 15) is 4.79 Å². The molecule has 0 radical (unpaired) electrons. The molecule has 3 rings (SSSR count). The van der Waals surface area contributed by atoms with Crippen molar-refractivity contribution in [3.8, 4) is 11.3 Å². The average Bonchev–Trinajstić information content (AvgIpc) is 2.96. The number of fused-ring (bicyclic) bond motifs is 1. The van der Waals surface area contributed by atoms with E-state index >= 15 is 0 Å². The number of nitrogens with zero attached hydrogens (tertiary/aromatic N) is 2. The Morgan fingerprint density at radius 3 is 3.09 bits per heavy atom. The van der Waals surface area contributed by atoms with E-state index in [-0.39, 0.29) is 0 Å². The monoisotopic (exact) mass is 310 g/mol. The van der Waals surface area contributed by atoms with E-state index in [2.05, 4.69) is 26.3 Å². The minimum atomic E-state index is -0.493. The van der Waals surface area contributed by atoms with E-state index in [1.807, 2.05) is 38.4 Å². The largest absolute Gasteiger partial charge is 0.449 e. The minimum absolute atomic E-state index is 0.388. The van der Waals surface area contributed by atoms with Gasteiger partial charge in [0.1, 0.15) is 11.5 Å². The molecule has 0 aromatic carbocycles. The lowest BCUT2D eigenvalue weighted by Gasteiger charge is -2.07. The highest BCUT2D eigenvalue weighted by Gasteiger charge is 2.10. The molecule has 0 fully saturated rings. The number of carbonyl (C=O) groups excluding carboxylic acids is 1. The van der Waals surface area contributed by atoms with Gasteiger partial charge in [-0.2, -0.15) is 0 Å². The predicted octanol–water partition coefficient (Wildman–Crippen LogP) is 3.89. The number of aromatic amines is 1. The lowest BCUT2D eigenvalue weighted by molar-refractivity contribution is 0.161. The summed E-state index contributed by atoms with van der Waals surface area (Å²) in [6, 6.07) is 7.54. The van der Waals surface area contributed by atoms with Crippen LogP contribution >= 0.6 is 0 Å². The van der Waals surface area contributed by atoms with Gasteiger partial charge in [-0.1, -0.05) is 13.0 Å². The van der Waals surface area contributed by atoms with Crippen molar-refractivity contribution < 1.29 is 9.53 Å². The van der Waals surface area contributed by atoms with Gasteiger partial charge in [-0.25, -0.2) is 14.8 Å². The molecule has 0 aliphatic carbocycles. The van der Waals surface area contributed by atoms with E-state index in [0.717, 1.165) is 34.3 Å². The zero-order valence-corrected chi connectivity index (χ0v) is 13.1. The van der Waals surface area contributed by atoms with Gasteiger partial charge in [0.05, 0.1) is 12.3 Å². The summed E-state index contributed by atoms with van der Waals surface area (Å²) in [5, 5.41) is 3.64. The number of pyridine rings is 2. The molecule has 23 heavy (non-hydrogen) atoms. The van der Waals surface area contributed by atoms with E-state index in [1.165, 1.54) is 0 Å². The van der Waals surface area contributed by atoms with Crippen LogP contribution in [0.5, 0.6) is 0 Å². The van der Waals surface area contributed by atoms with Crippen molar-refractivity contribution in [3.05, 3.63) is 42.2 Å². The normalized spacial score (nSPS) is 10.7. The first-order valence-electron chi connectivity index (χ1n) is 7.52. The van der Waals surface area contributed by atoms with Crippen LogP contribution in [0.3, 0.4) is 0 Å². The third kappa shape index (κ3) is 3.31. The number of aromatic nitrogens is 3. The highest BCUT2D eigenvalue weighted by molar-refractivity contribution is 5.93. The molecule has 0 saturated heterocycles. The standard InChI is InChI=1S/C17H18N4O2/c1-3-7-23-17(22)21-15-6-4-5-14(20-15)13-10-19-16-12(13)8-11(2)9-18-16/h4-6,8-10H,3,7H2,1-2H3,(H,18,19)(H,20,21,22). The molecule has 0 aliphatic heterocycles. The Morgan fingerprint density at radius 1 is 1.39 bits per heavy atom. The van der Waals surface area contributed by atoms with Gasteiger partial charge in [0.15, 0.2) is 0 Å². The van der Waals surface area contributed by atoms with Gasteiger partial charge >= 0.3 is 6.09 Å². The summed E-state index contributed by atoms with van der Waals surface area (Å²) in [5.74, 6) is 0.457. The molecule has 0 bridgehead atoms. The Kier molecular flexibility index (Phi) is 4.23. The van der Waals surface area contributed by atoms with Gasteiger partial charge in [-0.15, -0.1) is 0 Å². The second-order valence-corrected chi connectivity index (χ2v) is 5.28. The van der Waals surface area contributed by atoms with Crippen molar-refractivity contribution in [2.45, 2.75) is 20.3 Å². The van der Waals surface area contributed by atoms with Crippen LogP contribution in [0.1, 0.15) is 18.9 Å². The lowest BCUT2D eigenvalue weighted by atomic mass is 10.1. The van der Waals surface area contributed by atoms with Crippen molar-refractivity contribution in [1.82, 2.24) is 15.0 Å². The van der Waals surface area contributed by atoms with Crippen LogP contribution in [0, 0.1) is 6.92 Å². The second-order valence-electron chi connectivity index (χ2n) is 5.28. The Hall–Kier alpha value is -2.89. The number of amides is 1. The van der Waals surface area contributed by atoms with Crippen molar-refractivity contribution in [2.75, 3.05) is 11.9 Å². The summed E-state index contributed by atoms with van der Waals surface area (Å²) in [6.07, 6.45) is 3.98. The maximum Gasteiger partial charge on any atom is 0.412 e. The molecule has 0 saturated carbocycles. The maximum atomic E-state index is 11.6. The Balaban J connectivity index is 1.89. The number of aryl methyl sites for hydroxylation is 1. The summed E-state index contributed by atoms with van der Waals surface area (Å²) in [6.45, 7) is 4.33. The molecular weight excluding hydrogens is 292 g/mol. The maximum absolute atomic E-state index is 11.6. The second kappa shape index (κ2) is 6.48. The van der Waals surface area contributed by atoms with Gasteiger partial charge in [-0.05, 0) is 37.1 Å². The van der Waals surface area contributed by atoms with E-state index in [4.69, 9.17) is 4.74 Å². The summed E-state index contributed by atoms with van der Waals surface area (Å²) in [5.41, 5.74) is 3.60. The van der Waals surface area contributed by atoms with Crippen molar-refractivity contribution in [1.29, 1.82) is 0 Å². The van der Waals surface area contributed by atoms with Gasteiger partial charge in [0.2, 0.25) is 0 Å². The molecule has 0 atom stereocenters. The number of nitrogens with one attached hydrogen (secondary N) is 2. The number of ether oxygens (including phenoxy) is 1. The smallest absolute Gasteiger partial charge is 0.412 e. The SMILES string of the molecule is CCCOC(=O)Nc1cccc(-c2c[nH]c3ncc(C)cc23)n1. The summed E-state index contributed by atoms with van der Waals surface area (Å²) in [7, 11) is 0. The van der Waals surface area contributed by atoms with Crippen LogP contribution in [0.25, 0.3) is 22.3 Å². The van der Waals surface area contributed by atoms with Crippen LogP contribution in [-0.2, 0) is 4.74 Å². The number of H-pyrrole nitrogens is 1. The van der Waals surface area contributed by atoms with Crippen molar-refractivity contribution in [2.24, 2.45) is 0 Å². The summed E-state index contributed by atoms with van der Waals surface area (Å²) in [4.78, 5) is 23.6. The molecule has 3 aromatic rings. The summed E-state index contributed by atoms with van der Waals surface area (Å²) >= 11 is 0. The van der Waals surface area contributed by atoms with Gasteiger partial charge in [0, 0.05) is 23.3 Å². The molecule has 6 heteroatoms. The molecule has 0 aliphatic rings.